The van der Waals surface area contributed by atoms with E-state index in [2.05, 4.69) is 12.2 Å². The first-order valence-corrected chi connectivity index (χ1v) is 6.09. The van der Waals surface area contributed by atoms with Gasteiger partial charge in [0, 0.05) is 0 Å². The molecule has 0 aliphatic carbocycles. The topological polar surface area (TPSA) is 25.2 Å². The van der Waals surface area contributed by atoms with Crippen LogP contribution in [0.5, 0.6) is 0 Å². The van der Waals surface area contributed by atoms with Crippen molar-refractivity contribution in [3.8, 4) is 0 Å². The van der Waals surface area contributed by atoms with Crippen molar-refractivity contribution in [1.82, 2.24) is 5.32 Å². The van der Waals surface area contributed by atoms with Crippen LogP contribution in [-0.4, -0.2) is 7.05 Å². The molecule has 1 heterocycles. The molecule has 1 N–H and O–H groups in total. The van der Waals surface area contributed by atoms with Crippen molar-refractivity contribution in [1.29, 1.82) is 0 Å². The average molecular weight is 256 g/mol. The Morgan fingerprint density at radius 2 is 2.24 bits per heavy atom. The highest BCUT2D eigenvalue weighted by Crippen LogP contribution is 2.32. The molecule has 0 aliphatic heterocycles. The molecule has 0 saturated heterocycles. The van der Waals surface area contributed by atoms with Crippen LogP contribution in [0.1, 0.15) is 31.6 Å². The molecule has 0 saturated carbocycles. The molecule has 0 bridgehead atoms. The van der Waals surface area contributed by atoms with E-state index in [4.69, 9.17) is 16.0 Å². The van der Waals surface area contributed by atoms with E-state index in [1.807, 2.05) is 7.05 Å². The zero-order valence-corrected chi connectivity index (χ0v) is 10.6. The summed E-state index contributed by atoms with van der Waals surface area (Å²) in [4.78, 5) is 0. The lowest BCUT2D eigenvalue weighted by Crippen LogP contribution is -2.15. The van der Waals surface area contributed by atoms with Crippen molar-refractivity contribution >= 4 is 22.6 Å². The maximum Gasteiger partial charge on any atom is 0.155 e. The van der Waals surface area contributed by atoms with Crippen LogP contribution >= 0.6 is 11.6 Å². The predicted molar refractivity (Wildman–Crippen MR) is 67.9 cm³/mol. The summed E-state index contributed by atoms with van der Waals surface area (Å²) in [7, 11) is 1.87. The number of halogens is 2. The molecule has 2 rings (SSSR count). The first-order chi connectivity index (χ1) is 8.17. The minimum absolute atomic E-state index is 0.0999. The molecule has 0 spiro atoms. The minimum atomic E-state index is -0.300. The molecule has 0 aliphatic rings. The maximum absolute atomic E-state index is 13.6. The molecule has 2 aromatic rings. The van der Waals surface area contributed by atoms with Gasteiger partial charge in [-0.15, -0.1) is 0 Å². The van der Waals surface area contributed by atoms with Crippen molar-refractivity contribution in [2.24, 2.45) is 0 Å². The molecule has 0 fully saturated rings. The van der Waals surface area contributed by atoms with Crippen LogP contribution in [0.2, 0.25) is 5.02 Å². The number of nitrogens with one attached hydrogen (secondary N) is 1. The van der Waals surface area contributed by atoms with E-state index in [-0.39, 0.29) is 11.9 Å². The molecule has 1 unspecified atom stereocenters. The van der Waals surface area contributed by atoms with Crippen LogP contribution in [0.15, 0.2) is 22.6 Å². The molecule has 0 radical (unpaired) electrons. The van der Waals surface area contributed by atoms with E-state index in [0.717, 1.165) is 18.6 Å². The number of rotatable bonds is 4. The highest BCUT2D eigenvalue weighted by Gasteiger charge is 2.17. The smallest absolute Gasteiger partial charge is 0.155 e. The van der Waals surface area contributed by atoms with Gasteiger partial charge in [-0.1, -0.05) is 24.9 Å². The predicted octanol–water partition coefficient (Wildman–Crippen LogP) is 4.29. The molecule has 17 heavy (non-hydrogen) atoms. The lowest BCUT2D eigenvalue weighted by molar-refractivity contribution is 0.430. The third kappa shape index (κ3) is 2.31. The molecular weight excluding hydrogens is 241 g/mol. The second-order valence-corrected chi connectivity index (χ2v) is 4.46. The number of fused-ring (bicyclic) bond motifs is 1. The standard InChI is InChI=1S/C13H15ClFNO/c1-3-4-11(16-2)12-7-8-10(15)6-5-9(14)13(8)17-12/h5-7,11,16H,3-4H2,1-2H3. The molecule has 1 aromatic heterocycles. The molecule has 0 amide bonds. The van der Waals surface area contributed by atoms with Crippen molar-refractivity contribution in [3.63, 3.8) is 0 Å². The first-order valence-electron chi connectivity index (χ1n) is 5.72. The third-order valence-electron chi connectivity index (χ3n) is 2.87. The van der Waals surface area contributed by atoms with E-state index in [0.29, 0.717) is 16.0 Å². The number of hydrogen-bond acceptors (Lipinski definition) is 2. The van der Waals surface area contributed by atoms with Gasteiger partial charge in [0.15, 0.2) is 5.58 Å². The Hall–Kier alpha value is -1.06. The highest BCUT2D eigenvalue weighted by molar-refractivity contribution is 6.34. The molecular formula is C13H15ClFNO. The third-order valence-corrected chi connectivity index (χ3v) is 3.17. The summed E-state index contributed by atoms with van der Waals surface area (Å²) < 4.78 is 19.2. The maximum atomic E-state index is 13.6. The monoisotopic (exact) mass is 255 g/mol. The van der Waals surface area contributed by atoms with Crippen LogP contribution in [-0.2, 0) is 0 Å². The number of hydrogen-bond donors (Lipinski definition) is 1. The molecule has 1 aromatic carbocycles. The van der Waals surface area contributed by atoms with E-state index in [1.165, 1.54) is 12.1 Å². The Balaban J connectivity index is 2.50. The molecule has 4 heteroatoms. The van der Waals surface area contributed by atoms with Gasteiger partial charge in [0.05, 0.1) is 16.5 Å². The Kier molecular flexibility index (Phi) is 3.69. The lowest BCUT2D eigenvalue weighted by Gasteiger charge is -2.11. The summed E-state index contributed by atoms with van der Waals surface area (Å²) in [6, 6.07) is 4.70. The number of furan rings is 1. The fourth-order valence-electron chi connectivity index (χ4n) is 1.97. The Labute approximate surface area is 105 Å². The summed E-state index contributed by atoms with van der Waals surface area (Å²) in [6.07, 6.45) is 1.97. The second kappa shape index (κ2) is 5.07. The van der Waals surface area contributed by atoms with Crippen molar-refractivity contribution in [3.05, 3.63) is 34.8 Å². The van der Waals surface area contributed by atoms with Gasteiger partial charge in [-0.05, 0) is 31.7 Å². The van der Waals surface area contributed by atoms with Crippen LogP contribution < -0.4 is 5.32 Å². The first kappa shape index (κ1) is 12.4. The summed E-state index contributed by atoms with van der Waals surface area (Å²) in [5.74, 6) is 0.433. The van der Waals surface area contributed by atoms with Crippen molar-refractivity contribution in [2.75, 3.05) is 7.05 Å². The summed E-state index contributed by atoms with van der Waals surface area (Å²) in [5, 5.41) is 4.05. The molecule has 2 nitrogen and oxygen atoms in total. The van der Waals surface area contributed by atoms with Crippen LogP contribution in [0.4, 0.5) is 4.39 Å². The van der Waals surface area contributed by atoms with Gasteiger partial charge in [-0.3, -0.25) is 0 Å². The number of benzene rings is 1. The van der Waals surface area contributed by atoms with E-state index < -0.39 is 0 Å². The largest absolute Gasteiger partial charge is 0.458 e. The Bertz CT molecular complexity index is 484. The van der Waals surface area contributed by atoms with Gasteiger partial charge in [0.2, 0.25) is 0 Å². The van der Waals surface area contributed by atoms with E-state index in [1.54, 1.807) is 6.07 Å². The van der Waals surface area contributed by atoms with Crippen LogP contribution in [0, 0.1) is 5.82 Å². The quantitative estimate of drug-likeness (QED) is 0.882. The van der Waals surface area contributed by atoms with Gasteiger partial charge in [-0.25, -0.2) is 4.39 Å². The molecule has 92 valence electrons. The van der Waals surface area contributed by atoms with Gasteiger partial charge in [0.25, 0.3) is 0 Å². The van der Waals surface area contributed by atoms with Crippen molar-refractivity contribution < 1.29 is 8.81 Å². The van der Waals surface area contributed by atoms with Crippen LogP contribution in [0.3, 0.4) is 0 Å². The average Bonchev–Trinajstić information content (AvgIpc) is 2.77. The normalized spacial score (nSPS) is 13.2. The van der Waals surface area contributed by atoms with Crippen LogP contribution in [0.25, 0.3) is 11.0 Å². The van der Waals surface area contributed by atoms with Gasteiger partial charge in [0.1, 0.15) is 11.6 Å². The fourth-order valence-corrected chi connectivity index (χ4v) is 2.17. The van der Waals surface area contributed by atoms with Gasteiger partial charge in [-0.2, -0.15) is 0 Å². The van der Waals surface area contributed by atoms with Gasteiger partial charge < -0.3 is 9.73 Å². The Morgan fingerprint density at radius 3 is 2.82 bits per heavy atom. The van der Waals surface area contributed by atoms with E-state index >= 15 is 0 Å². The minimum Gasteiger partial charge on any atom is -0.458 e. The SMILES string of the molecule is CCCC(NC)c1cc2c(F)ccc(Cl)c2o1. The van der Waals surface area contributed by atoms with E-state index in [9.17, 15) is 4.39 Å². The Morgan fingerprint density at radius 1 is 1.47 bits per heavy atom. The summed E-state index contributed by atoms with van der Waals surface area (Å²) in [6.45, 7) is 2.10. The highest BCUT2D eigenvalue weighted by atomic mass is 35.5. The second-order valence-electron chi connectivity index (χ2n) is 4.05. The van der Waals surface area contributed by atoms with Gasteiger partial charge >= 0.3 is 0 Å². The zero-order valence-electron chi connectivity index (χ0n) is 9.89. The summed E-state index contributed by atoms with van der Waals surface area (Å²) in [5.41, 5.74) is 0.429. The lowest BCUT2D eigenvalue weighted by atomic mass is 10.1. The summed E-state index contributed by atoms with van der Waals surface area (Å²) >= 11 is 5.99. The molecule has 1 atom stereocenters. The zero-order chi connectivity index (χ0) is 12.4. The van der Waals surface area contributed by atoms with Crippen molar-refractivity contribution in [2.45, 2.75) is 25.8 Å². The fraction of sp³-hybridized carbons (Fsp3) is 0.385.